The van der Waals surface area contributed by atoms with E-state index in [2.05, 4.69) is 46.2 Å². The van der Waals surface area contributed by atoms with Gasteiger partial charge >= 0.3 is 0 Å². The van der Waals surface area contributed by atoms with Crippen molar-refractivity contribution in [2.24, 2.45) is 5.10 Å². The molecule has 0 bridgehead atoms. The first kappa shape index (κ1) is 24.5. The Hall–Kier alpha value is -3.24. The second-order valence-electron chi connectivity index (χ2n) is 8.73. The number of halogens is 1. The van der Waals surface area contributed by atoms with E-state index in [1.165, 1.54) is 6.42 Å². The molecule has 2 aliphatic rings. The molecule has 188 valence electrons. The molecule has 2 saturated heterocycles. The zero-order valence-electron chi connectivity index (χ0n) is 20.1. The number of piperidine rings is 1. The molecule has 2 fully saturated rings. The Bertz CT molecular complexity index is 1130. The molecule has 0 spiro atoms. The van der Waals surface area contributed by atoms with Crippen molar-refractivity contribution in [1.29, 1.82) is 0 Å². The van der Waals surface area contributed by atoms with E-state index in [4.69, 9.17) is 14.5 Å². The van der Waals surface area contributed by atoms with Gasteiger partial charge in [-0.05, 0) is 43.0 Å². The normalized spacial score (nSPS) is 16.4. The summed E-state index contributed by atoms with van der Waals surface area (Å²) >= 11 is 3.54. The van der Waals surface area contributed by atoms with Crippen LogP contribution in [0.3, 0.4) is 0 Å². The summed E-state index contributed by atoms with van der Waals surface area (Å²) in [5, 5.41) is 4.45. The smallest absolute Gasteiger partial charge is 0.250 e. The first-order valence-corrected chi connectivity index (χ1v) is 13.1. The maximum Gasteiger partial charge on any atom is 0.250 e. The SMILES string of the molecule is Brc1ccc(OCc2ccccc2)c(C=NNc2nc(N3CCCCC3)nc(N3CCOCC3)n2)c1. The molecule has 1 N–H and O–H groups in total. The Morgan fingerprint density at radius 1 is 0.917 bits per heavy atom. The van der Waals surface area contributed by atoms with Crippen LogP contribution < -0.4 is 20.0 Å². The first-order valence-electron chi connectivity index (χ1n) is 12.3. The average Bonchev–Trinajstić information content (AvgIpc) is 2.94. The van der Waals surface area contributed by atoms with E-state index in [0.717, 1.165) is 60.4 Å². The maximum absolute atomic E-state index is 6.07. The minimum Gasteiger partial charge on any atom is -0.488 e. The highest BCUT2D eigenvalue weighted by Gasteiger charge is 2.20. The zero-order valence-corrected chi connectivity index (χ0v) is 21.7. The van der Waals surface area contributed by atoms with Crippen molar-refractivity contribution in [3.05, 3.63) is 64.1 Å². The second-order valence-corrected chi connectivity index (χ2v) is 9.65. The van der Waals surface area contributed by atoms with Gasteiger partial charge in [0.1, 0.15) is 12.4 Å². The molecule has 36 heavy (non-hydrogen) atoms. The van der Waals surface area contributed by atoms with E-state index in [-0.39, 0.29) is 0 Å². The zero-order chi connectivity index (χ0) is 24.6. The Labute approximate surface area is 219 Å². The van der Waals surface area contributed by atoms with Gasteiger partial charge in [-0.25, -0.2) is 5.43 Å². The van der Waals surface area contributed by atoms with Crippen molar-refractivity contribution >= 4 is 40.0 Å². The van der Waals surface area contributed by atoms with Crippen molar-refractivity contribution in [2.45, 2.75) is 25.9 Å². The van der Waals surface area contributed by atoms with Crippen LogP contribution in [0.15, 0.2) is 58.1 Å². The van der Waals surface area contributed by atoms with Gasteiger partial charge in [-0.1, -0.05) is 46.3 Å². The predicted octanol–water partition coefficient (Wildman–Crippen LogP) is 4.49. The van der Waals surface area contributed by atoms with E-state index in [9.17, 15) is 0 Å². The number of nitrogens with zero attached hydrogens (tertiary/aromatic N) is 6. The highest BCUT2D eigenvalue weighted by Crippen LogP contribution is 2.24. The molecular weight excluding hydrogens is 522 g/mol. The quantitative estimate of drug-likeness (QED) is 0.323. The van der Waals surface area contributed by atoms with E-state index >= 15 is 0 Å². The number of benzene rings is 2. The number of ether oxygens (including phenoxy) is 2. The monoisotopic (exact) mass is 551 g/mol. The van der Waals surface area contributed by atoms with Gasteiger partial charge in [0.2, 0.25) is 17.8 Å². The molecule has 10 heteroatoms. The summed E-state index contributed by atoms with van der Waals surface area (Å²) in [7, 11) is 0. The van der Waals surface area contributed by atoms with E-state index in [0.29, 0.717) is 37.7 Å². The van der Waals surface area contributed by atoms with Crippen molar-refractivity contribution in [1.82, 2.24) is 15.0 Å². The van der Waals surface area contributed by atoms with Crippen LogP contribution in [0, 0.1) is 0 Å². The third-order valence-corrected chi connectivity index (χ3v) is 6.62. The van der Waals surface area contributed by atoms with Crippen molar-refractivity contribution < 1.29 is 9.47 Å². The minimum atomic E-state index is 0.421. The van der Waals surface area contributed by atoms with Crippen LogP contribution in [0.25, 0.3) is 0 Å². The predicted molar refractivity (Wildman–Crippen MR) is 145 cm³/mol. The molecule has 3 heterocycles. The largest absolute Gasteiger partial charge is 0.488 e. The van der Waals surface area contributed by atoms with Crippen LogP contribution in [0.5, 0.6) is 5.75 Å². The number of nitrogens with one attached hydrogen (secondary N) is 1. The maximum atomic E-state index is 6.07. The Balaban J connectivity index is 1.34. The molecule has 5 rings (SSSR count). The van der Waals surface area contributed by atoms with Gasteiger partial charge in [0.25, 0.3) is 0 Å². The number of hydrogen-bond donors (Lipinski definition) is 1. The van der Waals surface area contributed by atoms with Crippen molar-refractivity contribution in [2.75, 3.05) is 54.6 Å². The Morgan fingerprint density at radius 2 is 1.64 bits per heavy atom. The lowest BCUT2D eigenvalue weighted by Gasteiger charge is -2.30. The lowest BCUT2D eigenvalue weighted by Crippen LogP contribution is -2.38. The fourth-order valence-electron chi connectivity index (χ4n) is 4.19. The number of anilines is 3. The lowest BCUT2D eigenvalue weighted by atomic mass is 10.1. The summed E-state index contributed by atoms with van der Waals surface area (Å²) in [5.41, 5.74) is 4.97. The Kier molecular flexibility index (Phi) is 8.24. The molecule has 1 aromatic heterocycles. The molecule has 0 amide bonds. The molecular formula is C26H30BrN7O2. The minimum absolute atomic E-state index is 0.421. The molecule has 0 atom stereocenters. The van der Waals surface area contributed by atoms with Crippen LogP contribution >= 0.6 is 15.9 Å². The van der Waals surface area contributed by atoms with Gasteiger partial charge in [-0.15, -0.1) is 0 Å². The van der Waals surface area contributed by atoms with Gasteiger partial charge in [0, 0.05) is 36.2 Å². The number of morpholine rings is 1. The van der Waals surface area contributed by atoms with Gasteiger partial charge in [0.15, 0.2) is 0 Å². The van der Waals surface area contributed by atoms with E-state index in [1.54, 1.807) is 6.21 Å². The van der Waals surface area contributed by atoms with Crippen molar-refractivity contribution in [3.63, 3.8) is 0 Å². The summed E-state index contributed by atoms with van der Waals surface area (Å²) in [5.74, 6) is 2.51. The number of aromatic nitrogens is 3. The third-order valence-electron chi connectivity index (χ3n) is 6.12. The van der Waals surface area contributed by atoms with E-state index in [1.807, 2.05) is 48.5 Å². The highest BCUT2D eigenvalue weighted by molar-refractivity contribution is 9.10. The Morgan fingerprint density at radius 3 is 2.39 bits per heavy atom. The van der Waals surface area contributed by atoms with Crippen LogP contribution in [0.1, 0.15) is 30.4 Å². The number of hydrazone groups is 1. The fourth-order valence-corrected chi connectivity index (χ4v) is 4.57. The molecule has 0 unspecified atom stereocenters. The van der Waals surface area contributed by atoms with Crippen LogP contribution in [0.4, 0.5) is 17.8 Å². The molecule has 0 aliphatic carbocycles. The lowest BCUT2D eigenvalue weighted by molar-refractivity contribution is 0.122. The summed E-state index contributed by atoms with van der Waals surface area (Å²) in [6, 6.07) is 15.9. The number of rotatable bonds is 8. The number of hydrogen-bond acceptors (Lipinski definition) is 9. The van der Waals surface area contributed by atoms with Crippen molar-refractivity contribution in [3.8, 4) is 5.75 Å². The molecule has 0 saturated carbocycles. The topological polar surface area (TPSA) is 88.0 Å². The van der Waals surface area contributed by atoms with Gasteiger partial charge < -0.3 is 19.3 Å². The summed E-state index contributed by atoms with van der Waals surface area (Å²) in [6.07, 6.45) is 5.26. The van der Waals surface area contributed by atoms with Crippen LogP contribution in [0.2, 0.25) is 0 Å². The summed E-state index contributed by atoms with van der Waals surface area (Å²) in [4.78, 5) is 18.5. The highest BCUT2D eigenvalue weighted by atomic mass is 79.9. The van der Waals surface area contributed by atoms with Gasteiger partial charge in [-0.3, -0.25) is 0 Å². The second kappa shape index (κ2) is 12.1. The molecule has 2 aliphatic heterocycles. The molecule has 9 nitrogen and oxygen atoms in total. The molecule has 0 radical (unpaired) electrons. The van der Waals surface area contributed by atoms with Crippen LogP contribution in [-0.4, -0.2) is 60.6 Å². The van der Waals surface area contributed by atoms with Gasteiger partial charge in [-0.2, -0.15) is 20.1 Å². The third kappa shape index (κ3) is 6.50. The molecule has 2 aromatic carbocycles. The fraction of sp³-hybridized carbons (Fsp3) is 0.385. The van der Waals surface area contributed by atoms with E-state index < -0.39 is 0 Å². The average molecular weight is 552 g/mol. The molecule has 3 aromatic rings. The standard InChI is InChI=1S/C26H30BrN7O2/c27-22-9-10-23(36-19-20-7-3-1-4-8-20)21(17-22)18-28-32-24-29-25(33-11-5-2-6-12-33)31-26(30-24)34-13-15-35-16-14-34/h1,3-4,7-10,17-18H,2,5-6,11-16,19H2,(H,29,30,31,32). The summed E-state index contributed by atoms with van der Waals surface area (Å²) < 4.78 is 12.5. The first-order chi connectivity index (χ1) is 17.7. The summed E-state index contributed by atoms with van der Waals surface area (Å²) in [6.45, 7) is 5.23. The van der Waals surface area contributed by atoms with Crippen LogP contribution in [-0.2, 0) is 11.3 Å². The van der Waals surface area contributed by atoms with Gasteiger partial charge in [0.05, 0.1) is 19.4 Å².